The number of rotatable bonds is 16. The highest BCUT2D eigenvalue weighted by atomic mass is 35.5. The summed E-state index contributed by atoms with van der Waals surface area (Å²) in [4.78, 5) is 24.3. The fraction of sp³-hybridized carbons (Fsp3) is 0.294. The molecule has 14 nitrogen and oxygen atoms in total. The van der Waals surface area contributed by atoms with Gasteiger partial charge in [0.25, 0.3) is 0 Å². The molecule has 0 radical (unpaired) electrons. The Morgan fingerprint density at radius 2 is 1.47 bits per heavy atom. The summed E-state index contributed by atoms with van der Waals surface area (Å²) in [5.41, 5.74) is 0.377. The summed E-state index contributed by atoms with van der Waals surface area (Å²) in [6.07, 6.45) is -0.617. The number of alkyl halides is 3. The maximum atomic E-state index is 18.1. The lowest BCUT2D eigenvalue weighted by Crippen LogP contribution is -2.49. The van der Waals surface area contributed by atoms with Gasteiger partial charge in [-0.3, -0.25) is 14.9 Å². The molecule has 4 aromatic carbocycles. The van der Waals surface area contributed by atoms with Crippen LogP contribution in [0.1, 0.15) is 46.5 Å². The highest BCUT2D eigenvalue weighted by Crippen LogP contribution is 2.44. The SMILES string of the molecule is COc1ccc(CNc2nccnc2C(C)N2C=C(OC3CN(C)C3)Oc3c(F)c(-c4nc(N(Cc5ccc(OC)cc5)Cc5ccc(OC)cc5)cc(C)c4C(F)(F)F)c(Cl)c4c3=C2NCN=4)cc1. The predicted molar refractivity (Wildman–Crippen MR) is 256 cm³/mol. The van der Waals surface area contributed by atoms with E-state index >= 15 is 17.6 Å². The zero-order valence-electron chi connectivity index (χ0n) is 39.2. The van der Waals surface area contributed by atoms with Gasteiger partial charge in [0, 0.05) is 45.1 Å². The third-order valence-electron chi connectivity index (χ3n) is 12.3. The summed E-state index contributed by atoms with van der Waals surface area (Å²) >= 11 is 7.23. The van der Waals surface area contributed by atoms with Gasteiger partial charge >= 0.3 is 12.1 Å². The molecule has 1 atom stereocenters. The first-order valence-electron chi connectivity index (χ1n) is 22.4. The molecule has 0 bridgehead atoms. The third-order valence-corrected chi connectivity index (χ3v) is 12.7. The highest BCUT2D eigenvalue weighted by molar-refractivity contribution is 6.33. The van der Waals surface area contributed by atoms with E-state index in [-0.39, 0.29) is 58.8 Å². The van der Waals surface area contributed by atoms with Crippen LogP contribution in [0.4, 0.5) is 29.2 Å². The van der Waals surface area contributed by atoms with Crippen LogP contribution in [0, 0.1) is 12.7 Å². The monoisotopic (exact) mass is 979 g/mol. The maximum absolute atomic E-state index is 18.1. The van der Waals surface area contributed by atoms with Gasteiger partial charge in [-0.1, -0.05) is 48.0 Å². The normalized spacial score (nSPS) is 15.0. The van der Waals surface area contributed by atoms with Crippen molar-refractivity contribution in [3.05, 3.63) is 158 Å². The Morgan fingerprint density at radius 3 is 2.04 bits per heavy atom. The van der Waals surface area contributed by atoms with Gasteiger partial charge in [0.05, 0.1) is 66.0 Å². The molecule has 5 heterocycles. The topological polar surface area (TPSA) is 131 Å². The average molecular weight is 980 g/mol. The molecule has 0 amide bonds. The number of methoxy groups -OCH3 is 3. The summed E-state index contributed by atoms with van der Waals surface area (Å²) in [6.45, 7) is 5.04. The van der Waals surface area contributed by atoms with E-state index in [9.17, 15) is 0 Å². The van der Waals surface area contributed by atoms with E-state index in [1.54, 1.807) is 69.1 Å². The predicted octanol–water partition coefficient (Wildman–Crippen LogP) is 8.33. The Hall–Kier alpha value is -7.31. The minimum absolute atomic E-state index is 0.000321. The molecule has 0 spiro atoms. The van der Waals surface area contributed by atoms with Gasteiger partial charge < -0.3 is 44.1 Å². The summed E-state index contributed by atoms with van der Waals surface area (Å²) in [6, 6.07) is 22.9. The van der Waals surface area contributed by atoms with Gasteiger partial charge in [-0.25, -0.2) is 14.4 Å². The van der Waals surface area contributed by atoms with E-state index in [2.05, 4.69) is 20.6 Å². The number of ether oxygens (including phenoxy) is 5. The van der Waals surface area contributed by atoms with Crippen molar-refractivity contribution < 1.29 is 41.2 Å². The number of nitrogens with one attached hydrogen (secondary N) is 2. The standard InChI is InChI=1S/C51H50ClF4N9O5/c1-29-21-38(64(23-32-9-15-35(67-5)16-10-32)24-33-11-17-36(68-6)18-12-33)62-46(42(29)51(54,55)56)40-43(52)47-41-48(44(40)53)70-39(69-37-25-63(3)26-37)27-65(50(41)61-28-60-47)30(2)45-49(58-20-19-57-45)59-22-31-7-13-34(66-4)14-8-31/h7-21,27,30,37,61H,22-26,28H2,1-6H3,(H,58,59). The number of hydrogen-bond acceptors (Lipinski definition) is 14. The number of halogens is 5. The average Bonchev–Trinajstić information content (AvgIpc) is 3.52. The molecule has 9 rings (SSSR count). The summed E-state index contributed by atoms with van der Waals surface area (Å²) in [7, 11) is 6.65. The highest BCUT2D eigenvalue weighted by Gasteiger charge is 2.41. The number of likely N-dealkylation sites (tertiary alicyclic amines) is 1. The van der Waals surface area contributed by atoms with Crippen LogP contribution in [0.5, 0.6) is 23.0 Å². The lowest BCUT2D eigenvalue weighted by atomic mass is 9.98. The number of aromatic nitrogens is 3. The van der Waals surface area contributed by atoms with Gasteiger partial charge in [0.15, 0.2) is 11.6 Å². The van der Waals surface area contributed by atoms with Gasteiger partial charge in [-0.2, -0.15) is 13.2 Å². The lowest BCUT2D eigenvalue weighted by molar-refractivity contribution is -0.137. The van der Waals surface area contributed by atoms with Crippen molar-refractivity contribution in [3.8, 4) is 34.3 Å². The zero-order chi connectivity index (χ0) is 49.3. The van der Waals surface area contributed by atoms with E-state index in [0.717, 1.165) is 22.4 Å². The minimum Gasteiger partial charge on any atom is -0.497 e. The molecule has 19 heteroatoms. The van der Waals surface area contributed by atoms with Crippen molar-refractivity contribution in [2.45, 2.75) is 51.8 Å². The minimum atomic E-state index is -5.00. The largest absolute Gasteiger partial charge is 0.497 e. The van der Waals surface area contributed by atoms with Crippen LogP contribution in [0.15, 0.2) is 108 Å². The lowest BCUT2D eigenvalue weighted by Gasteiger charge is -2.36. The molecular formula is C51H50ClF4N9O5. The van der Waals surface area contributed by atoms with Gasteiger partial charge in [0.2, 0.25) is 0 Å². The first kappa shape index (κ1) is 47.7. The second-order valence-electron chi connectivity index (χ2n) is 17.1. The van der Waals surface area contributed by atoms with Crippen molar-refractivity contribution >= 4 is 29.1 Å². The van der Waals surface area contributed by atoms with E-state index in [1.807, 2.05) is 72.3 Å². The number of aryl methyl sites for hydroxylation is 1. The molecule has 1 unspecified atom stereocenters. The number of nitrogens with zero attached hydrogens (tertiary/aromatic N) is 7. The van der Waals surface area contributed by atoms with Gasteiger partial charge in [-0.15, -0.1) is 0 Å². The number of pyridine rings is 1. The van der Waals surface area contributed by atoms with Crippen molar-refractivity contribution in [2.24, 2.45) is 4.99 Å². The molecule has 70 heavy (non-hydrogen) atoms. The second-order valence-corrected chi connectivity index (χ2v) is 17.4. The van der Waals surface area contributed by atoms with Crippen molar-refractivity contribution in [3.63, 3.8) is 0 Å². The van der Waals surface area contributed by atoms with Crippen LogP contribution in [-0.4, -0.2) is 79.0 Å². The Bertz CT molecular complexity index is 3000. The van der Waals surface area contributed by atoms with Gasteiger partial charge in [0.1, 0.15) is 53.2 Å². The van der Waals surface area contributed by atoms with Crippen LogP contribution in [0.3, 0.4) is 0 Å². The van der Waals surface area contributed by atoms with Crippen LogP contribution >= 0.6 is 11.6 Å². The molecule has 1 saturated heterocycles. The molecular weight excluding hydrogens is 930 g/mol. The third kappa shape index (κ3) is 9.78. The van der Waals surface area contributed by atoms with Crippen molar-refractivity contribution in [1.82, 2.24) is 30.1 Å². The fourth-order valence-corrected chi connectivity index (χ4v) is 9.03. The second kappa shape index (κ2) is 20.0. The molecule has 6 aromatic rings. The summed E-state index contributed by atoms with van der Waals surface area (Å²) < 4.78 is 93.5. The van der Waals surface area contributed by atoms with Crippen LogP contribution < -0.4 is 45.1 Å². The smallest absolute Gasteiger partial charge is 0.418 e. The van der Waals surface area contributed by atoms with E-state index < -0.39 is 40.6 Å². The molecule has 2 N–H and O–H groups in total. The zero-order valence-corrected chi connectivity index (χ0v) is 40.0. The molecule has 3 aliphatic heterocycles. The fourth-order valence-electron chi connectivity index (χ4n) is 8.70. The van der Waals surface area contributed by atoms with E-state index in [4.69, 9.17) is 45.3 Å². The van der Waals surface area contributed by atoms with Crippen LogP contribution in [0.2, 0.25) is 5.02 Å². The van der Waals surface area contributed by atoms with Crippen molar-refractivity contribution in [2.75, 3.05) is 58.4 Å². The van der Waals surface area contributed by atoms with Crippen LogP contribution in [-0.2, 0) is 30.5 Å². The molecule has 364 valence electrons. The van der Waals surface area contributed by atoms with Crippen molar-refractivity contribution in [1.29, 1.82) is 0 Å². The Balaban J connectivity index is 1.19. The first-order valence-corrected chi connectivity index (χ1v) is 22.7. The number of benzene rings is 4. The molecule has 0 saturated carbocycles. The molecule has 3 aliphatic rings. The van der Waals surface area contributed by atoms with Crippen LogP contribution in [0.25, 0.3) is 17.1 Å². The number of anilines is 2. The molecule has 0 aliphatic carbocycles. The van der Waals surface area contributed by atoms with Gasteiger partial charge in [-0.05, 0) is 85.6 Å². The quantitative estimate of drug-likeness (QED) is 0.0903. The summed E-state index contributed by atoms with van der Waals surface area (Å²) in [5, 5.41) is 6.34. The van der Waals surface area contributed by atoms with E-state index in [0.29, 0.717) is 48.5 Å². The maximum Gasteiger partial charge on any atom is 0.418 e. The van der Waals surface area contributed by atoms with E-state index in [1.165, 1.54) is 13.0 Å². The Labute approximate surface area is 406 Å². The number of hydrogen-bond donors (Lipinski definition) is 2. The Kier molecular flexibility index (Phi) is 13.6. The summed E-state index contributed by atoms with van der Waals surface area (Å²) in [5.74, 6) is 1.15. The molecule has 1 fully saturated rings. The molecule has 2 aromatic heterocycles. The first-order chi connectivity index (χ1) is 33.7. The number of likely N-dealkylation sites (N-methyl/N-ethyl adjacent to an activating group) is 1. The Morgan fingerprint density at radius 1 is 0.886 bits per heavy atom.